The van der Waals surface area contributed by atoms with Crippen molar-refractivity contribution in [2.24, 2.45) is 0 Å². The van der Waals surface area contributed by atoms with Gasteiger partial charge < -0.3 is 5.32 Å². The summed E-state index contributed by atoms with van der Waals surface area (Å²) in [6.45, 7) is 4.26. The minimum absolute atomic E-state index is 0.0878. The second-order valence-electron chi connectivity index (χ2n) is 6.13. The first-order valence-corrected chi connectivity index (χ1v) is 10.2. The van der Waals surface area contributed by atoms with Crippen LogP contribution in [0.4, 0.5) is 18.9 Å². The first-order valence-electron chi connectivity index (χ1n) is 8.76. The number of halogens is 3. The van der Waals surface area contributed by atoms with E-state index in [1.165, 1.54) is 4.31 Å². The third-order valence-electron chi connectivity index (χ3n) is 3.94. The zero-order chi connectivity index (χ0) is 20.9. The third kappa shape index (κ3) is 4.90. The molecule has 0 atom stereocenters. The lowest BCUT2D eigenvalue weighted by molar-refractivity contribution is 0.102. The van der Waals surface area contributed by atoms with Crippen LogP contribution < -0.4 is 5.32 Å². The summed E-state index contributed by atoms with van der Waals surface area (Å²) in [5.41, 5.74) is -0.603. The second-order valence-corrected chi connectivity index (χ2v) is 8.07. The number of amides is 1. The maximum Gasteiger partial charge on any atom is 0.258 e. The molecule has 2 rings (SSSR count). The maximum atomic E-state index is 14.1. The highest BCUT2D eigenvalue weighted by Crippen LogP contribution is 2.21. The van der Waals surface area contributed by atoms with Crippen molar-refractivity contribution >= 4 is 21.6 Å². The molecule has 0 aliphatic carbocycles. The van der Waals surface area contributed by atoms with Gasteiger partial charge in [0.2, 0.25) is 10.0 Å². The molecule has 0 aliphatic rings. The number of hydrogen-bond donors (Lipinski definition) is 1. The number of benzene rings is 2. The Morgan fingerprint density at radius 1 is 0.929 bits per heavy atom. The number of carbonyl (C=O) groups is 1. The summed E-state index contributed by atoms with van der Waals surface area (Å²) in [6.07, 6.45) is 1.20. The van der Waals surface area contributed by atoms with Crippen molar-refractivity contribution in [3.63, 3.8) is 0 Å². The van der Waals surface area contributed by atoms with Crippen molar-refractivity contribution in [1.82, 2.24) is 4.31 Å². The SMILES string of the molecule is CCCN(CCC)S(=O)(=O)c1ccc(F)c(C(=O)Nc2ccc(F)c(F)c2)c1. The Bertz CT molecular complexity index is 959. The molecule has 1 N–H and O–H groups in total. The van der Waals surface area contributed by atoms with E-state index in [4.69, 9.17) is 0 Å². The molecule has 152 valence electrons. The summed E-state index contributed by atoms with van der Waals surface area (Å²) < 4.78 is 67.3. The zero-order valence-corrected chi connectivity index (χ0v) is 16.3. The molecular formula is C19H21F3N2O3S. The number of carbonyl (C=O) groups excluding carboxylic acids is 1. The van der Waals surface area contributed by atoms with Crippen LogP contribution in [-0.2, 0) is 10.0 Å². The van der Waals surface area contributed by atoms with Crippen LogP contribution in [0.1, 0.15) is 37.0 Å². The van der Waals surface area contributed by atoms with Crippen LogP contribution in [-0.4, -0.2) is 31.7 Å². The van der Waals surface area contributed by atoms with E-state index in [0.717, 1.165) is 36.4 Å². The van der Waals surface area contributed by atoms with E-state index in [-0.39, 0.29) is 10.6 Å². The first kappa shape index (κ1) is 21.9. The molecule has 9 heteroatoms. The fourth-order valence-corrected chi connectivity index (χ4v) is 4.26. The average Bonchev–Trinajstić information content (AvgIpc) is 2.64. The van der Waals surface area contributed by atoms with Crippen molar-refractivity contribution in [2.75, 3.05) is 18.4 Å². The lowest BCUT2D eigenvalue weighted by Crippen LogP contribution is -2.32. The van der Waals surface area contributed by atoms with E-state index in [1.807, 2.05) is 13.8 Å². The molecule has 0 bridgehead atoms. The van der Waals surface area contributed by atoms with E-state index >= 15 is 0 Å². The van der Waals surface area contributed by atoms with Gasteiger partial charge in [0.05, 0.1) is 10.5 Å². The first-order chi connectivity index (χ1) is 13.2. The zero-order valence-electron chi connectivity index (χ0n) is 15.5. The van der Waals surface area contributed by atoms with E-state index in [1.54, 1.807) is 0 Å². The third-order valence-corrected chi connectivity index (χ3v) is 5.84. The number of hydrogen-bond acceptors (Lipinski definition) is 3. The molecule has 2 aromatic rings. The Hall–Kier alpha value is -2.39. The van der Waals surface area contributed by atoms with Crippen molar-refractivity contribution in [3.05, 3.63) is 59.4 Å². The maximum absolute atomic E-state index is 14.1. The molecule has 0 spiro atoms. The van der Waals surface area contributed by atoms with E-state index in [9.17, 15) is 26.4 Å². The predicted octanol–water partition coefficient (Wildman–Crippen LogP) is 4.17. The minimum Gasteiger partial charge on any atom is -0.322 e. The lowest BCUT2D eigenvalue weighted by atomic mass is 10.2. The van der Waals surface area contributed by atoms with Gasteiger partial charge in [-0.1, -0.05) is 13.8 Å². The van der Waals surface area contributed by atoms with Gasteiger partial charge in [0, 0.05) is 24.8 Å². The number of anilines is 1. The smallest absolute Gasteiger partial charge is 0.258 e. The number of rotatable bonds is 8. The van der Waals surface area contributed by atoms with Crippen LogP contribution in [0.5, 0.6) is 0 Å². The molecule has 0 saturated carbocycles. The Kier molecular flexibility index (Phi) is 7.20. The molecular weight excluding hydrogens is 393 g/mol. The fraction of sp³-hybridized carbons (Fsp3) is 0.316. The highest BCUT2D eigenvalue weighted by molar-refractivity contribution is 7.89. The highest BCUT2D eigenvalue weighted by atomic mass is 32.2. The molecule has 0 heterocycles. The van der Waals surface area contributed by atoms with Gasteiger partial charge in [0.25, 0.3) is 5.91 Å². The summed E-state index contributed by atoms with van der Waals surface area (Å²) in [7, 11) is -3.91. The molecule has 1 amide bonds. The molecule has 0 aromatic heterocycles. The van der Waals surface area contributed by atoms with Gasteiger partial charge in [-0.25, -0.2) is 21.6 Å². The summed E-state index contributed by atoms with van der Waals surface area (Å²) in [4.78, 5) is 12.1. The molecule has 0 saturated heterocycles. The number of sulfonamides is 1. The van der Waals surface area contributed by atoms with Gasteiger partial charge in [0.15, 0.2) is 11.6 Å². The quantitative estimate of drug-likeness (QED) is 0.705. The van der Waals surface area contributed by atoms with Crippen LogP contribution >= 0.6 is 0 Å². The Morgan fingerprint density at radius 2 is 1.54 bits per heavy atom. The van der Waals surface area contributed by atoms with Crippen molar-refractivity contribution in [3.8, 4) is 0 Å². The minimum atomic E-state index is -3.91. The summed E-state index contributed by atoms with van der Waals surface area (Å²) in [6, 6.07) is 5.60. The van der Waals surface area contributed by atoms with Gasteiger partial charge in [0.1, 0.15) is 5.82 Å². The standard InChI is InChI=1S/C19H21F3N2O3S/c1-3-9-24(10-4-2)28(26,27)14-6-8-16(20)15(12-14)19(25)23-13-5-7-17(21)18(22)11-13/h5-8,11-12H,3-4,9-10H2,1-2H3,(H,23,25). The van der Waals surface area contributed by atoms with Crippen LogP contribution in [0.3, 0.4) is 0 Å². The van der Waals surface area contributed by atoms with Crippen LogP contribution in [0.25, 0.3) is 0 Å². The summed E-state index contributed by atoms with van der Waals surface area (Å²) in [5.74, 6) is -4.18. The van der Waals surface area contributed by atoms with Crippen molar-refractivity contribution in [2.45, 2.75) is 31.6 Å². The summed E-state index contributed by atoms with van der Waals surface area (Å²) >= 11 is 0. The Labute approximate surface area is 162 Å². The molecule has 0 aliphatic heterocycles. The van der Waals surface area contributed by atoms with Crippen molar-refractivity contribution < 1.29 is 26.4 Å². The predicted molar refractivity (Wildman–Crippen MR) is 100 cm³/mol. The molecule has 0 radical (unpaired) electrons. The van der Waals surface area contributed by atoms with Crippen LogP contribution in [0.15, 0.2) is 41.3 Å². The van der Waals surface area contributed by atoms with Crippen LogP contribution in [0.2, 0.25) is 0 Å². The number of nitrogens with zero attached hydrogens (tertiary/aromatic N) is 1. The van der Waals surface area contributed by atoms with Crippen LogP contribution in [0, 0.1) is 17.5 Å². The molecule has 2 aromatic carbocycles. The lowest BCUT2D eigenvalue weighted by Gasteiger charge is -2.21. The molecule has 0 unspecified atom stereocenters. The number of nitrogens with one attached hydrogen (secondary N) is 1. The van der Waals surface area contributed by atoms with Gasteiger partial charge in [-0.3, -0.25) is 4.79 Å². The second kappa shape index (κ2) is 9.20. The Balaban J connectivity index is 2.36. The van der Waals surface area contributed by atoms with Gasteiger partial charge in [-0.15, -0.1) is 0 Å². The average molecular weight is 414 g/mol. The fourth-order valence-electron chi connectivity index (χ4n) is 2.61. The van der Waals surface area contributed by atoms with Gasteiger partial charge >= 0.3 is 0 Å². The Morgan fingerprint density at radius 3 is 2.11 bits per heavy atom. The van der Waals surface area contributed by atoms with Crippen molar-refractivity contribution in [1.29, 1.82) is 0 Å². The monoisotopic (exact) mass is 414 g/mol. The topological polar surface area (TPSA) is 66.5 Å². The molecule has 28 heavy (non-hydrogen) atoms. The van der Waals surface area contributed by atoms with E-state index in [0.29, 0.717) is 25.9 Å². The normalized spacial score (nSPS) is 11.6. The van der Waals surface area contributed by atoms with Gasteiger partial charge in [-0.2, -0.15) is 4.31 Å². The largest absolute Gasteiger partial charge is 0.322 e. The molecule has 5 nitrogen and oxygen atoms in total. The van der Waals surface area contributed by atoms with Gasteiger partial charge in [-0.05, 0) is 43.2 Å². The summed E-state index contributed by atoms with van der Waals surface area (Å²) in [5, 5.41) is 2.23. The van der Waals surface area contributed by atoms with E-state index < -0.39 is 38.9 Å². The van der Waals surface area contributed by atoms with E-state index in [2.05, 4.69) is 5.32 Å². The molecule has 0 fully saturated rings. The highest BCUT2D eigenvalue weighted by Gasteiger charge is 2.25.